The Morgan fingerprint density at radius 2 is 1.67 bits per heavy atom. The van der Waals surface area contributed by atoms with Crippen molar-refractivity contribution in [3.63, 3.8) is 0 Å². The van der Waals surface area contributed by atoms with E-state index < -0.39 is 0 Å². The zero-order chi connectivity index (χ0) is 24.0. The maximum absolute atomic E-state index is 12.9. The van der Waals surface area contributed by atoms with Crippen LogP contribution in [0.5, 0.6) is 0 Å². The Morgan fingerprint density at radius 1 is 0.970 bits per heavy atom. The monoisotopic (exact) mass is 464 g/mol. The van der Waals surface area contributed by atoms with Crippen LogP contribution < -0.4 is 10.9 Å². The first kappa shape index (κ1) is 24.9. The molecule has 3 rings (SSSR count). The van der Waals surface area contributed by atoms with E-state index in [4.69, 9.17) is 12.2 Å². The Bertz CT molecular complexity index is 1170. The van der Waals surface area contributed by atoms with Crippen LogP contribution in [0.3, 0.4) is 0 Å². The lowest BCUT2D eigenvalue weighted by molar-refractivity contribution is 0.281. The van der Waals surface area contributed by atoms with Gasteiger partial charge in [0.2, 0.25) is 0 Å². The van der Waals surface area contributed by atoms with Crippen LogP contribution in [0.25, 0.3) is 10.9 Å². The minimum Gasteiger partial charge on any atom is -0.344 e. The molecule has 0 fully saturated rings. The Labute approximate surface area is 202 Å². The molecule has 1 heterocycles. The third kappa shape index (κ3) is 6.65. The van der Waals surface area contributed by atoms with E-state index in [-0.39, 0.29) is 5.56 Å². The summed E-state index contributed by atoms with van der Waals surface area (Å²) < 4.78 is 0. The Hall–Kier alpha value is -2.70. The van der Waals surface area contributed by atoms with Crippen molar-refractivity contribution in [3.8, 4) is 0 Å². The third-order valence-electron chi connectivity index (χ3n) is 6.15. The van der Waals surface area contributed by atoms with E-state index in [0.29, 0.717) is 11.7 Å². The molecule has 0 radical (unpaired) electrons. The molecule has 0 unspecified atom stereocenters. The van der Waals surface area contributed by atoms with E-state index in [1.807, 2.05) is 19.1 Å². The number of thiocarbonyl (C=S) groups is 1. The van der Waals surface area contributed by atoms with Crippen molar-refractivity contribution in [2.45, 2.75) is 47.6 Å². The summed E-state index contributed by atoms with van der Waals surface area (Å²) in [5.74, 6) is 0. The van der Waals surface area contributed by atoms with Gasteiger partial charge >= 0.3 is 0 Å². The van der Waals surface area contributed by atoms with Gasteiger partial charge in [-0.3, -0.25) is 4.79 Å². The number of hydrogen-bond donors (Lipinski definition) is 2. The molecule has 0 atom stereocenters. The largest absolute Gasteiger partial charge is 0.344 e. The molecule has 0 amide bonds. The summed E-state index contributed by atoms with van der Waals surface area (Å²) in [5, 5.41) is 5.10. The van der Waals surface area contributed by atoms with Gasteiger partial charge in [-0.15, -0.1) is 0 Å². The summed E-state index contributed by atoms with van der Waals surface area (Å²) in [6.45, 7) is 14.9. The quantitative estimate of drug-likeness (QED) is 0.416. The lowest BCUT2D eigenvalue weighted by Crippen LogP contribution is -2.38. The number of H-pyrrole nitrogens is 1. The number of aromatic nitrogens is 1. The van der Waals surface area contributed by atoms with Crippen molar-refractivity contribution < 1.29 is 0 Å². The number of hydrogen-bond acceptors (Lipinski definition) is 3. The van der Waals surface area contributed by atoms with Gasteiger partial charge in [0.15, 0.2) is 5.11 Å². The fraction of sp³-hybridized carbons (Fsp3) is 0.407. The van der Waals surface area contributed by atoms with Crippen molar-refractivity contribution in [2.24, 2.45) is 0 Å². The van der Waals surface area contributed by atoms with E-state index in [1.54, 1.807) is 0 Å². The van der Waals surface area contributed by atoms with Gasteiger partial charge < -0.3 is 20.1 Å². The lowest BCUT2D eigenvalue weighted by atomic mass is 10.1. The van der Waals surface area contributed by atoms with Crippen molar-refractivity contribution in [2.75, 3.05) is 31.5 Å². The predicted molar refractivity (Wildman–Crippen MR) is 144 cm³/mol. The second-order valence-corrected chi connectivity index (χ2v) is 9.15. The fourth-order valence-electron chi connectivity index (χ4n) is 4.11. The van der Waals surface area contributed by atoms with Gasteiger partial charge in [0.25, 0.3) is 5.56 Å². The summed E-state index contributed by atoms with van der Waals surface area (Å²) in [7, 11) is 0. The molecule has 0 aliphatic heterocycles. The van der Waals surface area contributed by atoms with Gasteiger partial charge in [-0.1, -0.05) is 43.7 Å². The normalized spacial score (nSPS) is 11.2. The maximum Gasteiger partial charge on any atom is 0.253 e. The second-order valence-electron chi connectivity index (χ2n) is 8.76. The molecule has 3 aromatic rings. The summed E-state index contributed by atoms with van der Waals surface area (Å²) in [4.78, 5) is 20.4. The van der Waals surface area contributed by atoms with Crippen LogP contribution in [-0.4, -0.2) is 46.1 Å². The van der Waals surface area contributed by atoms with Gasteiger partial charge in [-0.05, 0) is 93.8 Å². The highest BCUT2D eigenvalue weighted by Crippen LogP contribution is 2.18. The van der Waals surface area contributed by atoms with Gasteiger partial charge in [-0.2, -0.15) is 0 Å². The third-order valence-corrected chi connectivity index (χ3v) is 6.51. The Morgan fingerprint density at radius 3 is 2.36 bits per heavy atom. The number of anilines is 1. The summed E-state index contributed by atoms with van der Waals surface area (Å²) >= 11 is 5.83. The van der Waals surface area contributed by atoms with Crippen LogP contribution >= 0.6 is 12.2 Å². The molecule has 0 saturated heterocycles. The number of aryl methyl sites for hydroxylation is 3. The van der Waals surface area contributed by atoms with Gasteiger partial charge in [0.05, 0.1) is 6.54 Å². The molecule has 0 aliphatic carbocycles. The van der Waals surface area contributed by atoms with Crippen LogP contribution in [0, 0.1) is 20.8 Å². The van der Waals surface area contributed by atoms with Crippen molar-refractivity contribution in [3.05, 3.63) is 75.1 Å². The Balaban J connectivity index is 1.83. The maximum atomic E-state index is 12.9. The lowest BCUT2D eigenvalue weighted by Gasteiger charge is -2.28. The smallest absolute Gasteiger partial charge is 0.253 e. The first-order chi connectivity index (χ1) is 15.8. The van der Waals surface area contributed by atoms with E-state index >= 15 is 0 Å². The number of benzene rings is 2. The van der Waals surface area contributed by atoms with Gasteiger partial charge in [0, 0.05) is 23.3 Å². The van der Waals surface area contributed by atoms with Crippen molar-refractivity contribution >= 4 is 33.9 Å². The van der Waals surface area contributed by atoms with Crippen LogP contribution in [-0.2, 0) is 6.54 Å². The molecule has 1 aromatic heterocycles. The second kappa shape index (κ2) is 11.4. The van der Waals surface area contributed by atoms with Gasteiger partial charge in [-0.25, -0.2) is 0 Å². The molecule has 2 aromatic carbocycles. The van der Waals surface area contributed by atoms with Crippen molar-refractivity contribution in [1.82, 2.24) is 14.8 Å². The van der Waals surface area contributed by atoms with E-state index in [2.05, 4.69) is 78.1 Å². The van der Waals surface area contributed by atoms with Gasteiger partial charge in [0.1, 0.15) is 0 Å². The van der Waals surface area contributed by atoms with E-state index in [9.17, 15) is 4.79 Å². The first-order valence-electron chi connectivity index (χ1n) is 11.8. The number of rotatable bonds is 9. The average Bonchev–Trinajstić information content (AvgIpc) is 2.78. The van der Waals surface area contributed by atoms with Crippen molar-refractivity contribution in [1.29, 1.82) is 0 Å². The molecule has 2 N–H and O–H groups in total. The minimum absolute atomic E-state index is 0.0591. The van der Waals surface area contributed by atoms with Crippen LogP contribution in [0.1, 0.15) is 42.5 Å². The van der Waals surface area contributed by atoms with E-state index in [1.165, 1.54) is 5.56 Å². The number of aromatic amines is 1. The molecule has 5 nitrogen and oxygen atoms in total. The Kier molecular flexibility index (Phi) is 8.64. The topological polar surface area (TPSA) is 51.4 Å². The SMILES string of the molecule is CCN(CC)CCCN(Cc1cc2ccc(C)cc2[nH]c1=O)C(=S)Nc1ccc(C)cc1C. The standard InChI is InChI=1S/C27H36N4OS/c1-6-30(7-2)13-8-14-31(27(33)29-24-12-10-19(3)15-21(24)5)18-23-17-22-11-9-20(4)16-25(22)28-26(23)32/h9-12,15-17H,6-8,13-14,18H2,1-5H3,(H,28,32)(H,29,33). The minimum atomic E-state index is -0.0591. The molecular weight excluding hydrogens is 428 g/mol. The van der Waals surface area contributed by atoms with Crippen LogP contribution in [0.4, 0.5) is 5.69 Å². The number of nitrogens with zero attached hydrogens (tertiary/aromatic N) is 2. The summed E-state index contributed by atoms with van der Waals surface area (Å²) in [6.07, 6.45) is 0.973. The fourth-order valence-corrected chi connectivity index (χ4v) is 4.37. The highest BCUT2D eigenvalue weighted by molar-refractivity contribution is 7.80. The number of nitrogens with one attached hydrogen (secondary N) is 2. The molecular formula is C27H36N4OS. The summed E-state index contributed by atoms with van der Waals surface area (Å²) in [6, 6.07) is 14.4. The molecule has 33 heavy (non-hydrogen) atoms. The molecule has 6 heteroatoms. The van der Waals surface area contributed by atoms with Crippen LogP contribution in [0.15, 0.2) is 47.3 Å². The van der Waals surface area contributed by atoms with Crippen LogP contribution in [0.2, 0.25) is 0 Å². The van der Waals surface area contributed by atoms with E-state index in [0.717, 1.165) is 65.9 Å². The summed E-state index contributed by atoms with van der Waals surface area (Å²) in [5.41, 5.74) is 6.03. The zero-order valence-corrected chi connectivity index (χ0v) is 21.3. The molecule has 176 valence electrons. The molecule has 0 bridgehead atoms. The highest BCUT2D eigenvalue weighted by Gasteiger charge is 2.15. The molecule has 0 saturated carbocycles. The average molecular weight is 465 g/mol. The highest BCUT2D eigenvalue weighted by atomic mass is 32.1. The first-order valence-corrected chi connectivity index (χ1v) is 12.2. The number of fused-ring (bicyclic) bond motifs is 1. The number of pyridine rings is 1. The molecule has 0 spiro atoms. The zero-order valence-electron chi connectivity index (χ0n) is 20.5. The molecule has 0 aliphatic rings. The predicted octanol–water partition coefficient (Wildman–Crippen LogP) is 5.38.